The molecule has 1 aromatic carbocycles. The van der Waals surface area contributed by atoms with Crippen LogP contribution in [0.25, 0.3) is 0 Å². The summed E-state index contributed by atoms with van der Waals surface area (Å²) in [5.41, 5.74) is 5.99. The van der Waals surface area contributed by atoms with E-state index in [1.165, 1.54) is 0 Å². The van der Waals surface area contributed by atoms with Gasteiger partial charge in [-0.3, -0.25) is 0 Å². The lowest BCUT2D eigenvalue weighted by Crippen LogP contribution is -2.11. The molecule has 0 bridgehead atoms. The van der Waals surface area contributed by atoms with Crippen LogP contribution in [0.2, 0.25) is 5.02 Å². The number of aromatic nitrogens is 2. The molecule has 4 nitrogen and oxygen atoms in total. The van der Waals surface area contributed by atoms with E-state index in [1.54, 1.807) is 23.5 Å². The Balaban J connectivity index is 1.89. The van der Waals surface area contributed by atoms with Crippen LogP contribution in [0.4, 0.5) is 0 Å². The molecule has 0 spiro atoms. The molecule has 0 fully saturated rings. The third-order valence-electron chi connectivity index (χ3n) is 2.60. The Labute approximate surface area is 131 Å². The Morgan fingerprint density at radius 3 is 3.05 bits per heavy atom. The van der Waals surface area contributed by atoms with E-state index in [-0.39, 0.29) is 6.04 Å². The Morgan fingerprint density at radius 2 is 2.30 bits per heavy atom. The molecule has 2 rings (SSSR count). The van der Waals surface area contributed by atoms with E-state index in [9.17, 15) is 0 Å². The van der Waals surface area contributed by atoms with Gasteiger partial charge in [0.25, 0.3) is 0 Å². The van der Waals surface area contributed by atoms with Crippen molar-refractivity contribution >= 4 is 35.1 Å². The van der Waals surface area contributed by atoms with E-state index < -0.39 is 0 Å². The molecule has 1 atom stereocenters. The first kappa shape index (κ1) is 15.7. The number of nitrogens with zero attached hydrogens (tertiary/aromatic N) is 2. The Bertz CT molecular complexity index is 550. The van der Waals surface area contributed by atoms with Crippen molar-refractivity contribution in [3.8, 4) is 0 Å². The number of halogens is 1. The van der Waals surface area contributed by atoms with Gasteiger partial charge >= 0.3 is 0 Å². The van der Waals surface area contributed by atoms with Crippen LogP contribution in [0.15, 0.2) is 33.7 Å². The summed E-state index contributed by atoms with van der Waals surface area (Å²) in [7, 11) is 0. The van der Waals surface area contributed by atoms with Crippen molar-refractivity contribution in [2.45, 2.75) is 23.1 Å². The highest BCUT2D eigenvalue weighted by molar-refractivity contribution is 7.98. The van der Waals surface area contributed by atoms with Crippen LogP contribution in [-0.2, 0) is 5.75 Å². The van der Waals surface area contributed by atoms with Gasteiger partial charge in [0, 0.05) is 9.92 Å². The quantitative estimate of drug-likeness (QED) is 0.780. The summed E-state index contributed by atoms with van der Waals surface area (Å²) in [5, 5.41) is 4.68. The molecule has 0 aliphatic carbocycles. The summed E-state index contributed by atoms with van der Waals surface area (Å²) in [6.07, 6.45) is 2.89. The molecule has 2 N–H and O–H groups in total. The zero-order valence-corrected chi connectivity index (χ0v) is 13.5. The highest BCUT2D eigenvalue weighted by Crippen LogP contribution is 2.24. The zero-order valence-electron chi connectivity index (χ0n) is 11.1. The van der Waals surface area contributed by atoms with Crippen LogP contribution < -0.4 is 5.73 Å². The first-order valence-corrected chi connectivity index (χ1v) is 8.90. The number of rotatable bonds is 7. The van der Waals surface area contributed by atoms with E-state index in [1.807, 2.05) is 30.5 Å². The average molecular weight is 330 g/mol. The maximum absolute atomic E-state index is 5.99. The first-order chi connectivity index (χ1) is 9.69. The fourth-order valence-corrected chi connectivity index (χ4v) is 3.09. The number of thioether (sulfide) groups is 2. The molecule has 0 aliphatic rings. The lowest BCUT2D eigenvalue weighted by molar-refractivity contribution is 0.350. The van der Waals surface area contributed by atoms with Gasteiger partial charge in [-0.05, 0) is 36.6 Å². The highest BCUT2D eigenvalue weighted by atomic mass is 35.5. The van der Waals surface area contributed by atoms with Gasteiger partial charge in [-0.1, -0.05) is 22.8 Å². The van der Waals surface area contributed by atoms with Gasteiger partial charge in [-0.25, -0.2) is 0 Å². The van der Waals surface area contributed by atoms with Crippen LogP contribution >= 0.6 is 35.1 Å². The number of hydrogen-bond donors (Lipinski definition) is 1. The zero-order chi connectivity index (χ0) is 14.4. The van der Waals surface area contributed by atoms with Crippen LogP contribution in [-0.4, -0.2) is 22.1 Å². The molecule has 0 unspecified atom stereocenters. The van der Waals surface area contributed by atoms with Crippen molar-refractivity contribution in [1.29, 1.82) is 0 Å². The van der Waals surface area contributed by atoms with Crippen molar-refractivity contribution in [2.24, 2.45) is 5.73 Å². The van der Waals surface area contributed by atoms with Crippen LogP contribution in [0, 0.1) is 0 Å². The Hall–Kier alpha value is -0.690. The highest BCUT2D eigenvalue weighted by Gasteiger charge is 2.14. The topological polar surface area (TPSA) is 64.9 Å². The molecule has 2 aromatic rings. The van der Waals surface area contributed by atoms with E-state index in [0.29, 0.717) is 17.5 Å². The molecule has 108 valence electrons. The Morgan fingerprint density at radius 1 is 1.45 bits per heavy atom. The SMILES string of the molecule is CSCC[C@H](N)c1nc(CSc2cccc(Cl)c2)no1. The molecule has 0 amide bonds. The van der Waals surface area contributed by atoms with Gasteiger partial charge in [0.05, 0.1) is 11.8 Å². The Kier molecular flexibility index (Phi) is 6.22. The van der Waals surface area contributed by atoms with Crippen molar-refractivity contribution < 1.29 is 4.52 Å². The molecule has 7 heteroatoms. The van der Waals surface area contributed by atoms with Crippen molar-refractivity contribution in [1.82, 2.24) is 10.1 Å². The van der Waals surface area contributed by atoms with Crippen LogP contribution in [0.1, 0.15) is 24.2 Å². The predicted molar refractivity (Wildman–Crippen MR) is 85.2 cm³/mol. The minimum Gasteiger partial charge on any atom is -0.338 e. The summed E-state index contributed by atoms with van der Waals surface area (Å²) >= 11 is 9.31. The van der Waals surface area contributed by atoms with Gasteiger partial charge in [0.15, 0.2) is 5.82 Å². The second-order valence-corrected chi connectivity index (χ2v) is 6.65. The van der Waals surface area contributed by atoms with E-state index in [0.717, 1.165) is 22.1 Å². The molecule has 0 radical (unpaired) electrons. The molecular formula is C13H16ClN3OS2. The fraction of sp³-hybridized carbons (Fsp3) is 0.385. The summed E-state index contributed by atoms with van der Waals surface area (Å²) < 4.78 is 5.20. The first-order valence-electron chi connectivity index (χ1n) is 6.14. The number of hydrogen-bond acceptors (Lipinski definition) is 6. The number of benzene rings is 1. The van der Waals surface area contributed by atoms with Gasteiger partial charge in [-0.2, -0.15) is 16.7 Å². The molecule has 0 saturated carbocycles. The largest absolute Gasteiger partial charge is 0.338 e. The summed E-state index contributed by atoms with van der Waals surface area (Å²) in [6.45, 7) is 0. The molecule has 1 aromatic heterocycles. The summed E-state index contributed by atoms with van der Waals surface area (Å²) in [5.74, 6) is 2.79. The van der Waals surface area contributed by atoms with Gasteiger partial charge in [0.2, 0.25) is 5.89 Å². The molecule has 0 aliphatic heterocycles. The fourth-order valence-electron chi connectivity index (χ4n) is 1.55. The van der Waals surface area contributed by atoms with Gasteiger partial charge < -0.3 is 10.3 Å². The third kappa shape index (κ3) is 4.70. The smallest absolute Gasteiger partial charge is 0.243 e. The number of nitrogens with two attached hydrogens (primary N) is 1. The maximum atomic E-state index is 5.99. The van der Waals surface area contributed by atoms with E-state index in [2.05, 4.69) is 10.1 Å². The van der Waals surface area contributed by atoms with E-state index >= 15 is 0 Å². The third-order valence-corrected chi connectivity index (χ3v) is 4.47. The van der Waals surface area contributed by atoms with Crippen molar-refractivity contribution in [3.05, 3.63) is 41.0 Å². The normalized spacial score (nSPS) is 12.6. The molecular weight excluding hydrogens is 314 g/mol. The van der Waals surface area contributed by atoms with Gasteiger partial charge in [-0.15, -0.1) is 11.8 Å². The molecule has 20 heavy (non-hydrogen) atoms. The minimum absolute atomic E-state index is 0.181. The molecule has 1 heterocycles. The summed E-state index contributed by atoms with van der Waals surface area (Å²) in [4.78, 5) is 5.41. The second kappa shape index (κ2) is 7.93. The van der Waals surface area contributed by atoms with Crippen LogP contribution in [0.5, 0.6) is 0 Å². The van der Waals surface area contributed by atoms with Gasteiger partial charge in [0.1, 0.15) is 0 Å². The van der Waals surface area contributed by atoms with Crippen LogP contribution in [0.3, 0.4) is 0 Å². The van der Waals surface area contributed by atoms with E-state index in [4.69, 9.17) is 21.9 Å². The predicted octanol–water partition coefficient (Wildman–Crippen LogP) is 3.77. The molecule has 0 saturated heterocycles. The summed E-state index contributed by atoms with van der Waals surface area (Å²) in [6, 6.07) is 7.51. The second-order valence-electron chi connectivity index (χ2n) is 4.18. The monoisotopic (exact) mass is 329 g/mol. The lowest BCUT2D eigenvalue weighted by Gasteiger charge is -2.03. The standard InChI is InChI=1S/C13H16ClN3OS2/c1-19-6-5-11(15)13-16-12(17-18-13)8-20-10-4-2-3-9(14)7-10/h2-4,7,11H,5-6,8,15H2,1H3/t11-/m0/s1. The van der Waals surface area contributed by atoms with Crippen molar-refractivity contribution in [3.63, 3.8) is 0 Å². The maximum Gasteiger partial charge on any atom is 0.243 e. The minimum atomic E-state index is -0.181. The van der Waals surface area contributed by atoms with Crippen molar-refractivity contribution in [2.75, 3.05) is 12.0 Å². The lowest BCUT2D eigenvalue weighted by atomic mass is 10.2. The average Bonchev–Trinajstić information content (AvgIpc) is 2.91.